The van der Waals surface area contributed by atoms with Gasteiger partial charge >= 0.3 is 12.1 Å². The molecule has 1 fully saturated rings. The molecule has 4 nitrogen and oxygen atoms in total. The first-order chi connectivity index (χ1) is 11.6. The van der Waals surface area contributed by atoms with E-state index in [1.807, 2.05) is 0 Å². The fourth-order valence-corrected chi connectivity index (χ4v) is 2.53. The van der Waals surface area contributed by atoms with Gasteiger partial charge in [-0.15, -0.1) is 0 Å². The topological polar surface area (TPSA) is 32.8 Å². The van der Waals surface area contributed by atoms with Crippen LogP contribution in [0.1, 0.15) is 16.8 Å². The first kappa shape index (κ1) is 19.4. The quantitative estimate of drug-likeness (QED) is 0.751. The molecule has 0 spiro atoms. The molecule has 140 valence electrons. The van der Waals surface area contributed by atoms with Gasteiger partial charge < -0.3 is 9.64 Å². The summed E-state index contributed by atoms with van der Waals surface area (Å²) in [4.78, 5) is 15.4. The fraction of sp³-hybridized carbons (Fsp3) is 0.562. The number of benzene rings is 1. The van der Waals surface area contributed by atoms with E-state index in [-0.39, 0.29) is 38.6 Å². The number of alkyl halides is 5. The van der Waals surface area contributed by atoms with Gasteiger partial charge in [0.15, 0.2) is 0 Å². The average Bonchev–Trinajstić information content (AvgIpc) is 2.59. The molecule has 2 rings (SSSR count). The summed E-state index contributed by atoms with van der Waals surface area (Å²) in [6, 6.07) is 6.56. The zero-order valence-electron chi connectivity index (χ0n) is 13.7. The highest BCUT2D eigenvalue weighted by Crippen LogP contribution is 2.38. The smallest absolute Gasteiger partial charge is 0.453 e. The average molecular weight is 366 g/mol. The Hall–Kier alpha value is -1.90. The lowest BCUT2D eigenvalue weighted by molar-refractivity contribution is -0.285. The van der Waals surface area contributed by atoms with E-state index in [1.165, 1.54) is 12.0 Å². The van der Waals surface area contributed by atoms with Crippen molar-refractivity contribution in [3.63, 3.8) is 0 Å². The van der Waals surface area contributed by atoms with Gasteiger partial charge in [0.05, 0.1) is 7.11 Å². The molecule has 1 aliphatic rings. The van der Waals surface area contributed by atoms with Crippen molar-refractivity contribution in [2.75, 3.05) is 39.8 Å². The second-order valence-corrected chi connectivity index (χ2v) is 5.81. The van der Waals surface area contributed by atoms with Crippen molar-refractivity contribution in [2.45, 2.75) is 18.5 Å². The maximum absolute atomic E-state index is 12.9. The Morgan fingerprint density at radius 2 is 1.60 bits per heavy atom. The Kier molecular flexibility index (Phi) is 5.87. The Morgan fingerprint density at radius 3 is 2.08 bits per heavy atom. The molecule has 1 aliphatic heterocycles. The van der Waals surface area contributed by atoms with Gasteiger partial charge in [-0.3, -0.25) is 9.69 Å². The molecule has 1 saturated heterocycles. The Morgan fingerprint density at radius 1 is 1.04 bits per heavy atom. The van der Waals surface area contributed by atoms with Crippen LogP contribution in [0.3, 0.4) is 0 Å². The third kappa shape index (κ3) is 4.81. The maximum Gasteiger partial charge on any atom is 0.453 e. The number of halogens is 5. The van der Waals surface area contributed by atoms with Crippen LogP contribution < -0.4 is 4.74 Å². The summed E-state index contributed by atoms with van der Waals surface area (Å²) in [7, 11) is 1.51. The molecule has 0 N–H and O–H groups in total. The molecule has 1 aromatic carbocycles. The Balaban J connectivity index is 1.83. The lowest BCUT2D eigenvalue weighted by Gasteiger charge is -2.35. The van der Waals surface area contributed by atoms with E-state index in [0.717, 1.165) is 0 Å². The van der Waals surface area contributed by atoms with Gasteiger partial charge in [-0.2, -0.15) is 22.0 Å². The van der Waals surface area contributed by atoms with E-state index in [0.29, 0.717) is 11.3 Å². The summed E-state index contributed by atoms with van der Waals surface area (Å²) < 4.78 is 67.4. The molecule has 0 atom stereocenters. The summed E-state index contributed by atoms with van der Waals surface area (Å²) in [6.07, 6.45) is -6.80. The van der Waals surface area contributed by atoms with Crippen LogP contribution >= 0.6 is 0 Å². The summed E-state index contributed by atoms with van der Waals surface area (Å²) in [5, 5.41) is 0. The van der Waals surface area contributed by atoms with Crippen LogP contribution in [0, 0.1) is 0 Å². The van der Waals surface area contributed by atoms with Crippen molar-refractivity contribution >= 4 is 5.91 Å². The van der Waals surface area contributed by atoms with Crippen LogP contribution in [0.2, 0.25) is 0 Å². The molecule has 1 heterocycles. The number of piperazine rings is 1. The van der Waals surface area contributed by atoms with Gasteiger partial charge in [0.2, 0.25) is 0 Å². The molecular weight excluding hydrogens is 347 g/mol. The van der Waals surface area contributed by atoms with Crippen molar-refractivity contribution in [1.29, 1.82) is 0 Å². The number of ether oxygens (including phenoxy) is 1. The molecule has 0 aliphatic carbocycles. The Labute approximate surface area is 142 Å². The van der Waals surface area contributed by atoms with Gasteiger partial charge in [-0.05, 0) is 24.3 Å². The van der Waals surface area contributed by atoms with Gasteiger partial charge in [0.25, 0.3) is 5.91 Å². The highest BCUT2D eigenvalue weighted by atomic mass is 19.4. The van der Waals surface area contributed by atoms with E-state index >= 15 is 0 Å². The van der Waals surface area contributed by atoms with Gasteiger partial charge in [0.1, 0.15) is 5.75 Å². The largest absolute Gasteiger partial charge is 0.497 e. The monoisotopic (exact) mass is 366 g/mol. The second kappa shape index (κ2) is 7.55. The highest BCUT2D eigenvalue weighted by Gasteiger charge is 2.56. The standard InChI is InChI=1S/C16H19F5N2O2/c1-25-13-4-2-12(3-5-13)14(24)23-10-8-22(9-11-23)7-6-15(17,18)16(19,20)21/h2-5H,6-11H2,1H3. The molecule has 0 radical (unpaired) electrons. The number of methoxy groups -OCH3 is 1. The van der Waals surface area contributed by atoms with Crippen LogP contribution in [0.25, 0.3) is 0 Å². The summed E-state index contributed by atoms with van der Waals surface area (Å²) in [5.74, 6) is -4.28. The summed E-state index contributed by atoms with van der Waals surface area (Å²) in [6.45, 7) is 0.716. The normalized spacial score (nSPS) is 16.8. The first-order valence-electron chi connectivity index (χ1n) is 7.74. The molecule has 9 heteroatoms. The molecular formula is C16H19F5N2O2. The first-order valence-corrected chi connectivity index (χ1v) is 7.74. The van der Waals surface area contributed by atoms with E-state index in [2.05, 4.69) is 0 Å². The van der Waals surface area contributed by atoms with Crippen molar-refractivity contribution in [3.8, 4) is 5.75 Å². The zero-order chi connectivity index (χ0) is 18.7. The van der Waals surface area contributed by atoms with Gasteiger partial charge in [-0.25, -0.2) is 0 Å². The summed E-state index contributed by atoms with van der Waals surface area (Å²) >= 11 is 0. The molecule has 0 saturated carbocycles. The SMILES string of the molecule is COc1ccc(C(=O)N2CCN(CCC(F)(F)C(F)(F)F)CC2)cc1. The third-order valence-electron chi connectivity index (χ3n) is 4.15. The highest BCUT2D eigenvalue weighted by molar-refractivity contribution is 5.94. The van der Waals surface area contributed by atoms with Crippen molar-refractivity contribution < 1.29 is 31.5 Å². The minimum absolute atomic E-state index is 0.206. The molecule has 0 bridgehead atoms. The van der Waals surface area contributed by atoms with Gasteiger partial charge in [0, 0.05) is 44.7 Å². The number of amides is 1. The second-order valence-electron chi connectivity index (χ2n) is 5.81. The molecule has 0 unspecified atom stereocenters. The van der Waals surface area contributed by atoms with Crippen LogP contribution in [0.4, 0.5) is 22.0 Å². The lowest BCUT2D eigenvalue weighted by Crippen LogP contribution is -2.50. The molecule has 1 amide bonds. The minimum atomic E-state index is -5.53. The summed E-state index contributed by atoms with van der Waals surface area (Å²) in [5.41, 5.74) is 0.470. The van der Waals surface area contributed by atoms with Crippen LogP contribution in [-0.4, -0.2) is 67.6 Å². The molecule has 0 aromatic heterocycles. The number of hydrogen-bond donors (Lipinski definition) is 0. The van der Waals surface area contributed by atoms with E-state index in [4.69, 9.17) is 4.74 Å². The Bertz CT molecular complexity index is 581. The van der Waals surface area contributed by atoms with Gasteiger partial charge in [-0.1, -0.05) is 0 Å². The van der Waals surface area contributed by atoms with E-state index in [1.54, 1.807) is 29.2 Å². The maximum atomic E-state index is 12.9. The van der Waals surface area contributed by atoms with Crippen LogP contribution in [0.15, 0.2) is 24.3 Å². The number of carbonyl (C=O) groups excluding carboxylic acids is 1. The van der Waals surface area contributed by atoms with Crippen LogP contribution in [0.5, 0.6) is 5.75 Å². The van der Waals surface area contributed by atoms with Crippen molar-refractivity contribution in [2.24, 2.45) is 0 Å². The van der Waals surface area contributed by atoms with Crippen LogP contribution in [-0.2, 0) is 0 Å². The number of rotatable bonds is 5. The lowest BCUT2D eigenvalue weighted by atomic mass is 10.1. The number of hydrogen-bond acceptors (Lipinski definition) is 3. The predicted octanol–water partition coefficient (Wildman–Crippen LogP) is 3.04. The van der Waals surface area contributed by atoms with Crippen molar-refractivity contribution in [1.82, 2.24) is 9.80 Å². The number of carbonyl (C=O) groups is 1. The molecule has 25 heavy (non-hydrogen) atoms. The zero-order valence-corrected chi connectivity index (χ0v) is 13.7. The van der Waals surface area contributed by atoms with E-state index < -0.39 is 18.5 Å². The molecule has 1 aromatic rings. The predicted molar refractivity (Wildman–Crippen MR) is 81.0 cm³/mol. The minimum Gasteiger partial charge on any atom is -0.497 e. The van der Waals surface area contributed by atoms with Crippen molar-refractivity contribution in [3.05, 3.63) is 29.8 Å². The van der Waals surface area contributed by atoms with E-state index in [9.17, 15) is 26.7 Å². The number of nitrogens with zero attached hydrogens (tertiary/aromatic N) is 2. The fourth-order valence-electron chi connectivity index (χ4n) is 2.53. The third-order valence-corrected chi connectivity index (χ3v) is 4.15.